The van der Waals surface area contributed by atoms with Gasteiger partial charge < -0.3 is 10.2 Å². The van der Waals surface area contributed by atoms with E-state index in [2.05, 4.69) is 5.32 Å². The normalized spacial score (nSPS) is 23.2. The molecule has 5 heteroatoms. The highest BCUT2D eigenvalue weighted by atomic mass is 35.5. The van der Waals surface area contributed by atoms with Crippen LogP contribution in [-0.4, -0.2) is 42.4 Å². The van der Waals surface area contributed by atoms with E-state index in [9.17, 15) is 4.79 Å². The first-order valence-corrected chi connectivity index (χ1v) is 4.85. The molecule has 1 N–H and O–H groups in total. The lowest BCUT2D eigenvalue weighted by Gasteiger charge is -2.25. The van der Waals surface area contributed by atoms with Crippen molar-refractivity contribution >= 4 is 31.0 Å². The summed E-state index contributed by atoms with van der Waals surface area (Å²) in [5, 5.41) is 3.27. The van der Waals surface area contributed by atoms with Gasteiger partial charge >= 0.3 is 0 Å². The summed E-state index contributed by atoms with van der Waals surface area (Å²) in [7, 11) is 0. The van der Waals surface area contributed by atoms with Crippen LogP contribution >= 0.6 is 25.1 Å². The fraction of sp³-hybridized carbons (Fsp3) is 0.875. The zero-order chi connectivity index (χ0) is 8.97. The lowest BCUT2D eigenvalue weighted by molar-refractivity contribution is -0.130. The summed E-state index contributed by atoms with van der Waals surface area (Å²) < 4.78 is 0. The number of halogens is 1. The van der Waals surface area contributed by atoms with Crippen LogP contribution in [0, 0.1) is 0 Å². The van der Waals surface area contributed by atoms with Crippen LogP contribution in [0.5, 0.6) is 0 Å². The zero-order valence-corrected chi connectivity index (χ0v) is 9.60. The Morgan fingerprint density at radius 1 is 1.69 bits per heavy atom. The molecule has 0 aromatic carbocycles. The maximum Gasteiger partial charge on any atom is 0.237 e. The summed E-state index contributed by atoms with van der Waals surface area (Å²) in [5.74, 6) is 0.150. The van der Waals surface area contributed by atoms with E-state index < -0.39 is 0 Å². The molecule has 0 radical (unpaired) electrons. The minimum Gasteiger partial charge on any atom is -0.338 e. The Balaban J connectivity index is 0.00000144. The highest BCUT2D eigenvalue weighted by Gasteiger charge is 2.20. The molecule has 13 heavy (non-hydrogen) atoms. The number of nitrogens with one attached hydrogen (secondary N) is 1. The van der Waals surface area contributed by atoms with Crippen molar-refractivity contribution in [3.63, 3.8) is 0 Å². The first-order chi connectivity index (χ1) is 5.75. The molecule has 0 aromatic rings. The van der Waals surface area contributed by atoms with E-state index in [0.717, 1.165) is 26.1 Å². The second-order valence-corrected chi connectivity index (χ2v) is 3.39. The van der Waals surface area contributed by atoms with E-state index in [4.69, 9.17) is 11.6 Å². The minimum atomic E-state index is 0. The van der Waals surface area contributed by atoms with Gasteiger partial charge in [0, 0.05) is 19.1 Å². The monoisotopic (exact) mass is 224 g/mol. The molecule has 1 rings (SSSR count). The van der Waals surface area contributed by atoms with E-state index in [1.54, 1.807) is 0 Å². The summed E-state index contributed by atoms with van der Waals surface area (Å²) in [5.41, 5.74) is 0. The number of rotatable bonds is 1. The van der Waals surface area contributed by atoms with Crippen LogP contribution in [-0.2, 0) is 4.79 Å². The Kier molecular flexibility index (Phi) is 6.55. The lowest BCUT2D eigenvalue weighted by Crippen LogP contribution is -2.42. The molecule has 1 fully saturated rings. The van der Waals surface area contributed by atoms with Crippen molar-refractivity contribution in [3.8, 4) is 0 Å². The van der Waals surface area contributed by atoms with Crippen LogP contribution in [0.2, 0.25) is 0 Å². The molecule has 0 aromatic heterocycles. The highest BCUT2D eigenvalue weighted by Crippen LogP contribution is 2.04. The van der Waals surface area contributed by atoms with Crippen molar-refractivity contribution < 1.29 is 4.79 Å². The molecule has 1 atom stereocenters. The van der Waals surface area contributed by atoms with Gasteiger partial charge in [-0.1, -0.05) is 0 Å². The van der Waals surface area contributed by atoms with Crippen molar-refractivity contribution in [2.24, 2.45) is 0 Å². The minimum absolute atomic E-state index is 0. The summed E-state index contributed by atoms with van der Waals surface area (Å²) in [4.78, 5) is 13.2. The Hall–Kier alpha value is 0.0700. The maximum atomic E-state index is 11.3. The smallest absolute Gasteiger partial charge is 0.237 e. The molecular weight excluding hydrogens is 208 g/mol. The third-order valence-corrected chi connectivity index (χ3v) is 2.39. The second-order valence-electron chi connectivity index (χ2n) is 3.13. The number of hydrogen-bond donors (Lipinski definition) is 1. The third-order valence-electron chi connectivity index (χ3n) is 2.16. The molecule has 1 aliphatic heterocycles. The lowest BCUT2D eigenvalue weighted by atomic mass is 10.3. The van der Waals surface area contributed by atoms with E-state index >= 15 is 0 Å². The van der Waals surface area contributed by atoms with Crippen molar-refractivity contribution in [2.45, 2.75) is 19.4 Å². The largest absolute Gasteiger partial charge is 0.338 e. The molecule has 1 heterocycles. The molecule has 3 nitrogen and oxygen atoms in total. The molecule has 78 valence electrons. The van der Waals surface area contributed by atoms with Gasteiger partial charge in [0.05, 0.1) is 0 Å². The van der Waals surface area contributed by atoms with Crippen LogP contribution in [0.1, 0.15) is 13.3 Å². The average molecular weight is 225 g/mol. The molecule has 0 saturated carbocycles. The highest BCUT2D eigenvalue weighted by molar-refractivity contribution is 7.59. The summed E-state index contributed by atoms with van der Waals surface area (Å²) in [6.45, 7) is 4.75. The molecule has 0 bridgehead atoms. The van der Waals surface area contributed by atoms with Crippen LogP contribution in [0.3, 0.4) is 0 Å². The topological polar surface area (TPSA) is 32.3 Å². The number of carbonyl (C=O) groups excluding carboxylic acids is 1. The molecule has 0 aliphatic carbocycles. The number of carbonyl (C=O) groups is 1. The second kappa shape index (κ2) is 6.51. The van der Waals surface area contributed by atoms with Gasteiger partial charge in [-0.15, -0.1) is 11.6 Å². The van der Waals surface area contributed by atoms with Crippen LogP contribution < -0.4 is 5.32 Å². The number of alkyl halides is 1. The van der Waals surface area contributed by atoms with E-state index in [1.807, 2.05) is 11.8 Å². The van der Waals surface area contributed by atoms with E-state index in [-0.39, 0.29) is 31.3 Å². The van der Waals surface area contributed by atoms with Crippen molar-refractivity contribution in [1.82, 2.24) is 10.2 Å². The van der Waals surface area contributed by atoms with Crippen molar-refractivity contribution in [3.05, 3.63) is 0 Å². The number of nitrogens with zero attached hydrogens (tertiary/aromatic N) is 1. The molecular formula is C8H17ClN2OS. The third kappa shape index (κ3) is 3.75. The summed E-state index contributed by atoms with van der Waals surface area (Å²) >= 11 is 5.49. The van der Waals surface area contributed by atoms with Crippen molar-refractivity contribution in [1.29, 1.82) is 0 Å². The standard InChI is InChI=1S/C8H15ClN2O.H2S/c1-7-6-10-3-2-4-11(7)8(12)5-9;/h7,10H,2-6H2,1H3;1H2/t7-;/m0./s1. The Morgan fingerprint density at radius 2 is 2.38 bits per heavy atom. The number of amides is 1. The fourth-order valence-electron chi connectivity index (χ4n) is 1.46. The van der Waals surface area contributed by atoms with Gasteiger partial charge in [-0.25, -0.2) is 0 Å². The molecule has 1 amide bonds. The van der Waals surface area contributed by atoms with Gasteiger partial charge in [-0.05, 0) is 19.9 Å². The predicted molar refractivity (Wildman–Crippen MR) is 59.8 cm³/mol. The molecule has 1 aliphatic rings. The Labute approximate surface area is 91.3 Å². The maximum absolute atomic E-state index is 11.3. The Morgan fingerprint density at radius 3 is 3.00 bits per heavy atom. The first kappa shape index (κ1) is 13.1. The SMILES string of the molecule is C[C@H]1CNCCCN1C(=O)CCl.S. The van der Waals surface area contributed by atoms with Gasteiger partial charge in [-0.2, -0.15) is 13.5 Å². The molecule has 1 saturated heterocycles. The van der Waals surface area contributed by atoms with E-state index in [0.29, 0.717) is 0 Å². The zero-order valence-electron chi connectivity index (χ0n) is 7.85. The first-order valence-electron chi connectivity index (χ1n) is 4.32. The predicted octanol–water partition coefficient (Wildman–Crippen LogP) is 0.548. The number of hydrogen-bond acceptors (Lipinski definition) is 2. The fourth-order valence-corrected chi connectivity index (χ4v) is 1.62. The van der Waals surface area contributed by atoms with Crippen LogP contribution in [0.25, 0.3) is 0 Å². The Bertz CT molecular complexity index is 168. The molecule has 0 spiro atoms. The van der Waals surface area contributed by atoms with Gasteiger partial charge in [0.25, 0.3) is 0 Å². The molecule has 0 unspecified atom stereocenters. The van der Waals surface area contributed by atoms with Crippen molar-refractivity contribution in [2.75, 3.05) is 25.5 Å². The quantitative estimate of drug-likeness (QED) is 0.660. The van der Waals surface area contributed by atoms with Gasteiger partial charge in [0.2, 0.25) is 5.91 Å². The van der Waals surface area contributed by atoms with Crippen LogP contribution in [0.4, 0.5) is 0 Å². The van der Waals surface area contributed by atoms with Gasteiger partial charge in [0.1, 0.15) is 5.88 Å². The van der Waals surface area contributed by atoms with Gasteiger partial charge in [-0.3, -0.25) is 4.79 Å². The average Bonchev–Trinajstić information content (AvgIpc) is 2.28. The summed E-state index contributed by atoms with van der Waals surface area (Å²) in [6.07, 6.45) is 1.02. The van der Waals surface area contributed by atoms with Gasteiger partial charge in [0.15, 0.2) is 0 Å². The summed E-state index contributed by atoms with van der Waals surface area (Å²) in [6, 6.07) is 0.277. The van der Waals surface area contributed by atoms with Crippen LogP contribution in [0.15, 0.2) is 0 Å². The van der Waals surface area contributed by atoms with E-state index in [1.165, 1.54) is 0 Å².